The summed E-state index contributed by atoms with van der Waals surface area (Å²) in [6.07, 6.45) is 0.826. The van der Waals surface area contributed by atoms with Crippen molar-refractivity contribution in [3.8, 4) is 17.2 Å². The van der Waals surface area contributed by atoms with Gasteiger partial charge in [0, 0.05) is 32.2 Å². The Morgan fingerprint density at radius 1 is 1.07 bits per heavy atom. The third-order valence-electron chi connectivity index (χ3n) is 4.80. The van der Waals surface area contributed by atoms with Crippen molar-refractivity contribution in [1.29, 1.82) is 5.26 Å². The van der Waals surface area contributed by atoms with Gasteiger partial charge >= 0.3 is 0 Å². The molecule has 1 unspecified atom stereocenters. The Bertz CT molecular complexity index is 902. The first-order valence-electron chi connectivity index (χ1n) is 9.03. The highest BCUT2D eigenvalue weighted by atomic mass is 32.2. The zero-order valence-corrected chi connectivity index (χ0v) is 16.2. The first-order valence-corrected chi connectivity index (χ1v) is 10.5. The molecule has 1 saturated heterocycles. The van der Waals surface area contributed by atoms with Crippen LogP contribution in [0.25, 0.3) is 11.1 Å². The molecule has 0 spiro atoms. The van der Waals surface area contributed by atoms with Gasteiger partial charge < -0.3 is 10.6 Å². The van der Waals surface area contributed by atoms with Crippen LogP contribution in [0.3, 0.4) is 0 Å². The number of hydrogen-bond donors (Lipinski definition) is 2. The monoisotopic (exact) mass is 384 g/mol. The van der Waals surface area contributed by atoms with Crippen LogP contribution in [0.1, 0.15) is 12.0 Å². The summed E-state index contributed by atoms with van der Waals surface area (Å²) >= 11 is 0. The van der Waals surface area contributed by atoms with Gasteiger partial charge in [-0.3, -0.25) is 0 Å². The van der Waals surface area contributed by atoms with Crippen LogP contribution in [0.15, 0.2) is 53.4 Å². The standard InChI is InChI=1S/C20H24N4O2S/c1-22-11-12-23-19-10-13-24(15-19)27(25,26)20-8-6-18(7-9-20)17-4-2-16(14-21)3-5-17/h2-9,19,22-23H,10-13,15H2,1H3. The van der Waals surface area contributed by atoms with Gasteiger partial charge in [0.2, 0.25) is 10.0 Å². The number of rotatable bonds is 7. The van der Waals surface area contributed by atoms with Gasteiger partial charge in [-0.15, -0.1) is 0 Å². The Balaban J connectivity index is 1.69. The maximum absolute atomic E-state index is 12.9. The Morgan fingerprint density at radius 3 is 2.30 bits per heavy atom. The summed E-state index contributed by atoms with van der Waals surface area (Å²) < 4.78 is 27.3. The lowest BCUT2D eigenvalue weighted by molar-refractivity contribution is 0.456. The van der Waals surface area contributed by atoms with Gasteiger partial charge in [-0.2, -0.15) is 9.57 Å². The molecule has 1 fully saturated rings. The number of sulfonamides is 1. The number of nitrogens with one attached hydrogen (secondary N) is 2. The SMILES string of the molecule is CNCCNC1CCN(S(=O)(=O)c2ccc(-c3ccc(C#N)cc3)cc2)C1. The molecule has 0 aromatic heterocycles. The van der Waals surface area contributed by atoms with E-state index < -0.39 is 10.0 Å². The van der Waals surface area contributed by atoms with E-state index in [0.717, 1.165) is 30.6 Å². The minimum absolute atomic E-state index is 0.200. The van der Waals surface area contributed by atoms with Gasteiger partial charge in [0.15, 0.2) is 0 Å². The predicted octanol–water partition coefficient (Wildman–Crippen LogP) is 1.80. The predicted molar refractivity (Wildman–Crippen MR) is 106 cm³/mol. The molecule has 2 aromatic carbocycles. The van der Waals surface area contributed by atoms with Crippen molar-refractivity contribution in [2.45, 2.75) is 17.4 Å². The van der Waals surface area contributed by atoms with Gasteiger partial charge in [-0.25, -0.2) is 8.42 Å². The highest BCUT2D eigenvalue weighted by Gasteiger charge is 2.32. The van der Waals surface area contributed by atoms with Crippen molar-refractivity contribution >= 4 is 10.0 Å². The molecule has 2 N–H and O–H groups in total. The number of hydrogen-bond acceptors (Lipinski definition) is 5. The fraction of sp³-hybridized carbons (Fsp3) is 0.350. The molecular weight excluding hydrogens is 360 g/mol. The summed E-state index contributed by atoms with van der Waals surface area (Å²) in [5.41, 5.74) is 2.48. The van der Waals surface area contributed by atoms with Gasteiger partial charge in [-0.05, 0) is 48.9 Å². The van der Waals surface area contributed by atoms with E-state index in [2.05, 4.69) is 16.7 Å². The molecule has 7 heteroatoms. The molecule has 1 aliphatic heterocycles. The maximum atomic E-state index is 12.9. The second kappa shape index (κ2) is 8.63. The van der Waals surface area contributed by atoms with E-state index in [1.807, 2.05) is 31.3 Å². The minimum Gasteiger partial charge on any atom is -0.318 e. The largest absolute Gasteiger partial charge is 0.318 e. The highest BCUT2D eigenvalue weighted by molar-refractivity contribution is 7.89. The minimum atomic E-state index is -3.48. The Labute approximate surface area is 160 Å². The van der Waals surface area contributed by atoms with Crippen LogP contribution in [0, 0.1) is 11.3 Å². The number of nitrogens with zero attached hydrogens (tertiary/aromatic N) is 2. The van der Waals surface area contributed by atoms with Crippen LogP contribution >= 0.6 is 0 Å². The van der Waals surface area contributed by atoms with E-state index in [1.54, 1.807) is 28.6 Å². The quantitative estimate of drug-likeness (QED) is 0.711. The normalized spacial score (nSPS) is 17.7. The maximum Gasteiger partial charge on any atom is 0.243 e. The summed E-state index contributed by atoms with van der Waals surface area (Å²) in [5, 5.41) is 15.3. The Morgan fingerprint density at radius 2 is 1.70 bits per heavy atom. The third kappa shape index (κ3) is 4.54. The van der Waals surface area contributed by atoms with Crippen molar-refractivity contribution < 1.29 is 8.42 Å². The lowest BCUT2D eigenvalue weighted by atomic mass is 10.0. The molecule has 1 aliphatic rings. The second-order valence-electron chi connectivity index (χ2n) is 6.62. The first kappa shape index (κ1) is 19.5. The molecule has 27 heavy (non-hydrogen) atoms. The number of benzene rings is 2. The van der Waals surface area contributed by atoms with Crippen LogP contribution in [-0.4, -0.2) is 52.0 Å². The number of likely N-dealkylation sites (N-methyl/N-ethyl adjacent to an activating group) is 1. The average Bonchev–Trinajstić information content (AvgIpc) is 3.18. The zero-order valence-electron chi connectivity index (χ0n) is 15.4. The molecule has 0 aliphatic carbocycles. The Hall–Kier alpha value is -2.24. The van der Waals surface area contributed by atoms with Crippen LogP contribution < -0.4 is 10.6 Å². The first-order chi connectivity index (χ1) is 13.0. The lowest BCUT2D eigenvalue weighted by Crippen LogP contribution is -2.37. The zero-order chi connectivity index (χ0) is 19.3. The molecule has 0 amide bonds. The fourth-order valence-electron chi connectivity index (χ4n) is 3.22. The molecule has 2 aromatic rings. The van der Waals surface area contributed by atoms with Gasteiger partial charge in [0.1, 0.15) is 0 Å². The van der Waals surface area contributed by atoms with Crippen LogP contribution in [-0.2, 0) is 10.0 Å². The van der Waals surface area contributed by atoms with Crippen molar-refractivity contribution in [1.82, 2.24) is 14.9 Å². The molecular formula is C20H24N4O2S. The van der Waals surface area contributed by atoms with Crippen molar-refractivity contribution in [3.05, 3.63) is 54.1 Å². The highest BCUT2D eigenvalue weighted by Crippen LogP contribution is 2.25. The van der Waals surface area contributed by atoms with E-state index >= 15 is 0 Å². The van der Waals surface area contributed by atoms with Gasteiger partial charge in [0.05, 0.1) is 16.5 Å². The van der Waals surface area contributed by atoms with Crippen molar-refractivity contribution in [2.24, 2.45) is 0 Å². The molecule has 3 rings (SSSR count). The van der Waals surface area contributed by atoms with E-state index in [9.17, 15) is 8.42 Å². The molecule has 142 valence electrons. The summed E-state index contributed by atoms with van der Waals surface area (Å²) in [5.74, 6) is 0. The molecule has 1 atom stereocenters. The van der Waals surface area contributed by atoms with Gasteiger partial charge in [0.25, 0.3) is 0 Å². The summed E-state index contributed by atoms with van der Waals surface area (Å²) in [6, 6.07) is 16.5. The van der Waals surface area contributed by atoms with Crippen LogP contribution in [0.5, 0.6) is 0 Å². The van der Waals surface area contributed by atoms with E-state index in [0.29, 0.717) is 23.5 Å². The summed E-state index contributed by atoms with van der Waals surface area (Å²) in [4.78, 5) is 0.316. The van der Waals surface area contributed by atoms with Crippen molar-refractivity contribution in [2.75, 3.05) is 33.2 Å². The summed E-state index contributed by atoms with van der Waals surface area (Å²) in [6.45, 7) is 2.73. The fourth-order valence-corrected chi connectivity index (χ4v) is 4.72. The van der Waals surface area contributed by atoms with Crippen LogP contribution in [0.2, 0.25) is 0 Å². The molecule has 0 radical (unpaired) electrons. The average molecular weight is 385 g/mol. The molecule has 1 heterocycles. The number of nitriles is 1. The topological polar surface area (TPSA) is 85.2 Å². The molecule has 0 saturated carbocycles. The summed E-state index contributed by atoms with van der Waals surface area (Å²) in [7, 11) is -1.58. The third-order valence-corrected chi connectivity index (χ3v) is 6.68. The lowest BCUT2D eigenvalue weighted by Gasteiger charge is -2.17. The van der Waals surface area contributed by atoms with E-state index in [4.69, 9.17) is 5.26 Å². The smallest absolute Gasteiger partial charge is 0.243 e. The molecule has 6 nitrogen and oxygen atoms in total. The van der Waals surface area contributed by atoms with E-state index in [-0.39, 0.29) is 6.04 Å². The van der Waals surface area contributed by atoms with E-state index in [1.165, 1.54) is 0 Å². The Kier molecular flexibility index (Phi) is 6.24. The van der Waals surface area contributed by atoms with Gasteiger partial charge in [-0.1, -0.05) is 24.3 Å². The second-order valence-corrected chi connectivity index (χ2v) is 8.56. The van der Waals surface area contributed by atoms with Crippen LogP contribution in [0.4, 0.5) is 0 Å². The van der Waals surface area contributed by atoms with Crippen molar-refractivity contribution in [3.63, 3.8) is 0 Å². The molecule has 0 bridgehead atoms.